The maximum atomic E-state index is 2.41. The summed E-state index contributed by atoms with van der Waals surface area (Å²) in [4.78, 5) is 0. The highest BCUT2D eigenvalue weighted by molar-refractivity contribution is 6.22. The Balaban J connectivity index is 1.22. The fourth-order valence-electron chi connectivity index (χ4n) is 7.78. The maximum absolute atomic E-state index is 2.41. The molecule has 0 N–H and O–H groups in total. The van der Waals surface area contributed by atoms with Gasteiger partial charge in [0.2, 0.25) is 0 Å². The van der Waals surface area contributed by atoms with E-state index in [0.717, 1.165) is 0 Å². The Bertz CT molecular complexity index is 2660. The van der Waals surface area contributed by atoms with Crippen molar-refractivity contribution in [3.8, 4) is 22.3 Å². The zero-order valence-corrected chi connectivity index (χ0v) is 25.2. The lowest BCUT2D eigenvalue weighted by Gasteiger charge is -2.15. The maximum Gasteiger partial charge on any atom is -0.00928 e. The van der Waals surface area contributed by atoms with E-state index in [1.54, 1.807) is 0 Å². The van der Waals surface area contributed by atoms with Gasteiger partial charge in [0.15, 0.2) is 0 Å². The first kappa shape index (κ1) is 25.4. The molecule has 0 nitrogen and oxygen atoms in total. The van der Waals surface area contributed by atoms with Crippen molar-refractivity contribution < 1.29 is 0 Å². The summed E-state index contributed by atoms with van der Waals surface area (Å²) in [5.41, 5.74) is 5.03. The molecule has 0 heteroatoms. The molecule has 10 rings (SSSR count). The summed E-state index contributed by atoms with van der Waals surface area (Å²) in [5.74, 6) is 0. The molecule has 0 saturated heterocycles. The van der Waals surface area contributed by atoms with Crippen LogP contribution in [0.4, 0.5) is 0 Å². The van der Waals surface area contributed by atoms with E-state index < -0.39 is 0 Å². The smallest absolute Gasteiger partial charge is 0.00928 e. The van der Waals surface area contributed by atoms with Crippen LogP contribution in [0.25, 0.3) is 97.7 Å². The van der Waals surface area contributed by atoms with Gasteiger partial charge in [-0.1, -0.05) is 146 Å². The van der Waals surface area contributed by atoms with Gasteiger partial charge in [-0.15, -0.1) is 0 Å². The van der Waals surface area contributed by atoms with Crippen molar-refractivity contribution in [2.75, 3.05) is 0 Å². The standard InChI is InChI=1S/C46H28/c1-3-11-35-30(9-1)21-23-41-37-13-5-7-15-39(37)43(27-45(35)41)32-19-17-29-18-20-33(26-34(29)25-32)44-28-46-36-12-4-2-10-31(36)22-24-42(46)38-14-6-8-16-40(38)44/h1-28H. The third kappa shape index (κ3) is 3.74. The second kappa shape index (κ2) is 9.76. The van der Waals surface area contributed by atoms with Crippen LogP contribution in [0, 0.1) is 0 Å². The summed E-state index contributed by atoms with van der Waals surface area (Å²) in [7, 11) is 0. The zero-order valence-electron chi connectivity index (χ0n) is 25.2. The minimum atomic E-state index is 1.24. The van der Waals surface area contributed by atoms with Gasteiger partial charge in [-0.05, 0) is 122 Å². The van der Waals surface area contributed by atoms with Crippen molar-refractivity contribution in [3.63, 3.8) is 0 Å². The monoisotopic (exact) mass is 580 g/mol. The zero-order chi connectivity index (χ0) is 30.2. The molecular formula is C46H28. The van der Waals surface area contributed by atoms with Crippen LogP contribution in [0.15, 0.2) is 170 Å². The van der Waals surface area contributed by atoms with Crippen LogP contribution < -0.4 is 0 Å². The average Bonchev–Trinajstić information content (AvgIpc) is 3.13. The molecular weight excluding hydrogens is 553 g/mol. The minimum absolute atomic E-state index is 1.24. The van der Waals surface area contributed by atoms with E-state index in [4.69, 9.17) is 0 Å². The topological polar surface area (TPSA) is 0 Å². The number of fused-ring (bicyclic) bond motifs is 11. The van der Waals surface area contributed by atoms with Gasteiger partial charge in [0, 0.05) is 0 Å². The number of hydrogen-bond donors (Lipinski definition) is 0. The first-order valence-electron chi connectivity index (χ1n) is 16.0. The van der Waals surface area contributed by atoms with Gasteiger partial charge >= 0.3 is 0 Å². The van der Waals surface area contributed by atoms with E-state index >= 15 is 0 Å². The van der Waals surface area contributed by atoms with Gasteiger partial charge in [0.05, 0.1) is 0 Å². The first-order chi connectivity index (χ1) is 22.8. The molecule has 0 atom stereocenters. The fourth-order valence-corrected chi connectivity index (χ4v) is 7.78. The highest BCUT2D eigenvalue weighted by Crippen LogP contribution is 2.41. The molecule has 0 aliphatic rings. The molecule has 46 heavy (non-hydrogen) atoms. The summed E-state index contributed by atoms with van der Waals surface area (Å²) in [6.07, 6.45) is 0. The third-order valence-electron chi connectivity index (χ3n) is 10.00. The molecule has 0 amide bonds. The normalized spacial score (nSPS) is 11.9. The van der Waals surface area contributed by atoms with Gasteiger partial charge in [0.1, 0.15) is 0 Å². The lowest BCUT2D eigenvalue weighted by molar-refractivity contribution is 1.68. The van der Waals surface area contributed by atoms with Crippen molar-refractivity contribution in [2.24, 2.45) is 0 Å². The van der Waals surface area contributed by atoms with Crippen LogP contribution >= 0.6 is 0 Å². The van der Waals surface area contributed by atoms with Gasteiger partial charge in [0.25, 0.3) is 0 Å². The molecule has 0 unspecified atom stereocenters. The molecule has 212 valence electrons. The molecule has 0 heterocycles. The molecule has 0 aliphatic heterocycles. The Hall–Kier alpha value is -5.98. The summed E-state index contributed by atoms with van der Waals surface area (Å²) in [6.45, 7) is 0. The molecule has 0 aliphatic carbocycles. The van der Waals surface area contributed by atoms with Gasteiger partial charge in [-0.3, -0.25) is 0 Å². The molecule has 10 aromatic carbocycles. The van der Waals surface area contributed by atoms with Crippen molar-refractivity contribution in [2.45, 2.75) is 0 Å². The second-order valence-electron chi connectivity index (χ2n) is 12.5. The summed E-state index contributed by atoms with van der Waals surface area (Å²) in [6, 6.07) is 63.0. The molecule has 0 bridgehead atoms. The molecule has 0 saturated carbocycles. The van der Waals surface area contributed by atoms with E-state index in [9.17, 15) is 0 Å². The van der Waals surface area contributed by atoms with Crippen LogP contribution in [0.1, 0.15) is 0 Å². The quantitative estimate of drug-likeness (QED) is 0.178. The van der Waals surface area contributed by atoms with Crippen LogP contribution in [0.3, 0.4) is 0 Å². The number of benzene rings is 10. The van der Waals surface area contributed by atoms with Crippen LogP contribution in [-0.4, -0.2) is 0 Å². The average molecular weight is 581 g/mol. The lowest BCUT2D eigenvalue weighted by atomic mass is 9.89. The van der Waals surface area contributed by atoms with Crippen molar-refractivity contribution >= 4 is 75.4 Å². The van der Waals surface area contributed by atoms with Crippen molar-refractivity contribution in [1.29, 1.82) is 0 Å². The Kier molecular flexibility index (Phi) is 5.38. The van der Waals surface area contributed by atoms with Crippen LogP contribution in [-0.2, 0) is 0 Å². The fraction of sp³-hybridized carbons (Fsp3) is 0. The van der Waals surface area contributed by atoms with E-state index in [1.807, 2.05) is 0 Å². The number of rotatable bonds is 2. The van der Waals surface area contributed by atoms with Crippen molar-refractivity contribution in [3.05, 3.63) is 170 Å². The SMILES string of the molecule is c1ccc2c(c1)ccc1c3ccccc3c(-c3ccc4ccc(-c5cc6c7ccccc7ccc6c6ccccc56)cc4c3)cc21. The van der Waals surface area contributed by atoms with Gasteiger partial charge in [-0.2, -0.15) is 0 Å². The predicted octanol–water partition coefficient (Wildman–Crippen LogP) is 13.1. The molecule has 0 radical (unpaired) electrons. The van der Waals surface area contributed by atoms with Crippen LogP contribution in [0.5, 0.6) is 0 Å². The summed E-state index contributed by atoms with van der Waals surface area (Å²) < 4.78 is 0. The summed E-state index contributed by atoms with van der Waals surface area (Å²) >= 11 is 0. The van der Waals surface area contributed by atoms with E-state index in [1.165, 1.54) is 97.7 Å². The van der Waals surface area contributed by atoms with E-state index in [2.05, 4.69) is 170 Å². The molecule has 0 fully saturated rings. The predicted molar refractivity (Wildman–Crippen MR) is 200 cm³/mol. The lowest BCUT2D eigenvalue weighted by Crippen LogP contribution is -1.88. The minimum Gasteiger partial charge on any atom is -0.0616 e. The second-order valence-corrected chi connectivity index (χ2v) is 12.5. The van der Waals surface area contributed by atoms with E-state index in [0.29, 0.717) is 0 Å². The molecule has 0 spiro atoms. The Labute approximate surface area is 266 Å². The van der Waals surface area contributed by atoms with Crippen LogP contribution in [0.2, 0.25) is 0 Å². The number of hydrogen-bond acceptors (Lipinski definition) is 0. The Morgan fingerprint density at radius 3 is 1.04 bits per heavy atom. The van der Waals surface area contributed by atoms with Gasteiger partial charge in [-0.25, -0.2) is 0 Å². The highest BCUT2D eigenvalue weighted by Gasteiger charge is 2.14. The van der Waals surface area contributed by atoms with Gasteiger partial charge < -0.3 is 0 Å². The Morgan fingerprint density at radius 1 is 0.196 bits per heavy atom. The third-order valence-corrected chi connectivity index (χ3v) is 10.00. The van der Waals surface area contributed by atoms with E-state index in [-0.39, 0.29) is 0 Å². The highest BCUT2D eigenvalue weighted by atomic mass is 14.2. The summed E-state index contributed by atoms with van der Waals surface area (Å²) in [5, 5.41) is 18.0. The first-order valence-corrected chi connectivity index (χ1v) is 16.0. The largest absolute Gasteiger partial charge is 0.0616 e. The Morgan fingerprint density at radius 2 is 0.565 bits per heavy atom. The molecule has 10 aromatic rings. The van der Waals surface area contributed by atoms with Crippen molar-refractivity contribution in [1.82, 2.24) is 0 Å². The molecule has 0 aromatic heterocycles.